The summed E-state index contributed by atoms with van der Waals surface area (Å²) in [6.45, 7) is 4.74. The van der Waals surface area contributed by atoms with Crippen LogP contribution in [0.4, 0.5) is 0 Å². The maximum Gasteiger partial charge on any atom is 0.223 e. The van der Waals surface area contributed by atoms with Gasteiger partial charge >= 0.3 is 0 Å². The number of nitrogens with one attached hydrogen (secondary N) is 3. The summed E-state index contributed by atoms with van der Waals surface area (Å²) < 4.78 is 0. The fourth-order valence-electron chi connectivity index (χ4n) is 3.31. The highest BCUT2D eigenvalue weighted by molar-refractivity contribution is 5.81. The van der Waals surface area contributed by atoms with Gasteiger partial charge in [-0.1, -0.05) is 12.8 Å². The first kappa shape index (κ1) is 16.3. The number of piperidine rings is 1. The number of rotatable bonds is 6. The Kier molecular flexibility index (Phi) is 6.49. The molecule has 5 heteroatoms. The molecule has 2 aliphatic rings. The Bertz CT molecular complexity index is 347. The molecule has 1 saturated carbocycles. The molecule has 1 aliphatic heterocycles. The van der Waals surface area contributed by atoms with E-state index in [2.05, 4.69) is 16.0 Å². The first-order valence-electron chi connectivity index (χ1n) is 8.43. The molecule has 1 saturated heterocycles. The largest absolute Gasteiger partial charge is 0.356 e. The molecule has 120 valence electrons. The van der Waals surface area contributed by atoms with Gasteiger partial charge in [0.25, 0.3) is 0 Å². The van der Waals surface area contributed by atoms with Gasteiger partial charge in [0.1, 0.15) is 0 Å². The molecule has 2 fully saturated rings. The molecule has 2 unspecified atom stereocenters. The fourth-order valence-corrected chi connectivity index (χ4v) is 3.31. The van der Waals surface area contributed by atoms with Gasteiger partial charge in [0.05, 0.1) is 0 Å². The lowest BCUT2D eigenvalue weighted by atomic mass is 10.00. The maximum absolute atomic E-state index is 12.0. The van der Waals surface area contributed by atoms with Gasteiger partial charge < -0.3 is 16.0 Å². The molecule has 3 N–H and O–H groups in total. The Hall–Kier alpha value is -1.10. The van der Waals surface area contributed by atoms with Crippen LogP contribution in [0.3, 0.4) is 0 Å². The van der Waals surface area contributed by atoms with Crippen LogP contribution in [0.1, 0.15) is 51.9 Å². The van der Waals surface area contributed by atoms with Crippen molar-refractivity contribution in [2.45, 2.75) is 57.9 Å². The minimum Gasteiger partial charge on any atom is -0.356 e. The molecular formula is C16H29N3O2. The normalized spacial score (nSPS) is 24.5. The molecule has 2 amide bonds. The summed E-state index contributed by atoms with van der Waals surface area (Å²) in [7, 11) is 0. The minimum atomic E-state index is -0.0809. The van der Waals surface area contributed by atoms with E-state index in [4.69, 9.17) is 0 Å². The van der Waals surface area contributed by atoms with Crippen LogP contribution in [0.25, 0.3) is 0 Å². The predicted molar refractivity (Wildman–Crippen MR) is 82.8 cm³/mol. The van der Waals surface area contributed by atoms with Crippen LogP contribution in [-0.4, -0.2) is 37.5 Å². The molecule has 2 rings (SSSR count). The van der Waals surface area contributed by atoms with E-state index in [0.717, 1.165) is 45.3 Å². The lowest BCUT2D eigenvalue weighted by Crippen LogP contribution is -2.42. The Balaban J connectivity index is 1.60. The van der Waals surface area contributed by atoms with E-state index in [1.807, 2.05) is 6.92 Å². The van der Waals surface area contributed by atoms with Gasteiger partial charge in [-0.15, -0.1) is 0 Å². The summed E-state index contributed by atoms with van der Waals surface area (Å²) in [6, 6.07) is -0.0809. The van der Waals surface area contributed by atoms with E-state index in [-0.39, 0.29) is 23.8 Å². The SMILES string of the molecule is CC(CC(=O)NCC1CCCNC1)NC(=O)C1CCCC1. The van der Waals surface area contributed by atoms with Crippen LogP contribution < -0.4 is 16.0 Å². The molecule has 21 heavy (non-hydrogen) atoms. The fraction of sp³-hybridized carbons (Fsp3) is 0.875. The first-order chi connectivity index (χ1) is 10.1. The van der Waals surface area contributed by atoms with Crippen LogP contribution in [0.15, 0.2) is 0 Å². The molecule has 5 nitrogen and oxygen atoms in total. The molecule has 0 aromatic heterocycles. The third-order valence-corrected chi connectivity index (χ3v) is 4.59. The van der Waals surface area contributed by atoms with Crippen molar-refractivity contribution < 1.29 is 9.59 Å². The predicted octanol–water partition coefficient (Wildman–Crippen LogP) is 1.19. The number of amides is 2. The number of hydrogen-bond acceptors (Lipinski definition) is 3. The van der Waals surface area contributed by atoms with Crippen molar-refractivity contribution in [3.8, 4) is 0 Å². The molecule has 0 aromatic carbocycles. The second-order valence-corrected chi connectivity index (χ2v) is 6.61. The highest BCUT2D eigenvalue weighted by atomic mass is 16.2. The summed E-state index contributed by atoms with van der Waals surface area (Å²) >= 11 is 0. The molecule has 1 heterocycles. The molecule has 1 aliphatic carbocycles. The molecule has 0 aromatic rings. The lowest BCUT2D eigenvalue weighted by molar-refractivity contribution is -0.126. The van der Waals surface area contributed by atoms with Crippen molar-refractivity contribution in [1.29, 1.82) is 0 Å². The Morgan fingerprint density at radius 2 is 1.95 bits per heavy atom. The van der Waals surface area contributed by atoms with Gasteiger partial charge in [-0.05, 0) is 51.6 Å². The zero-order valence-electron chi connectivity index (χ0n) is 13.1. The van der Waals surface area contributed by atoms with Gasteiger partial charge in [0.2, 0.25) is 11.8 Å². The number of hydrogen-bond donors (Lipinski definition) is 3. The molecule has 0 radical (unpaired) electrons. The van der Waals surface area contributed by atoms with Crippen molar-refractivity contribution in [2.24, 2.45) is 11.8 Å². The van der Waals surface area contributed by atoms with Gasteiger partial charge in [0.15, 0.2) is 0 Å². The Morgan fingerprint density at radius 1 is 1.19 bits per heavy atom. The van der Waals surface area contributed by atoms with Crippen molar-refractivity contribution in [2.75, 3.05) is 19.6 Å². The van der Waals surface area contributed by atoms with Gasteiger partial charge in [-0.2, -0.15) is 0 Å². The summed E-state index contributed by atoms with van der Waals surface area (Å²) in [5.74, 6) is 0.888. The highest BCUT2D eigenvalue weighted by Crippen LogP contribution is 2.24. The van der Waals surface area contributed by atoms with Gasteiger partial charge in [-0.25, -0.2) is 0 Å². The van der Waals surface area contributed by atoms with Gasteiger partial charge in [-0.3, -0.25) is 9.59 Å². The van der Waals surface area contributed by atoms with Crippen molar-refractivity contribution in [3.05, 3.63) is 0 Å². The summed E-state index contributed by atoms with van der Waals surface area (Å²) in [5, 5.41) is 9.32. The van der Waals surface area contributed by atoms with E-state index in [1.54, 1.807) is 0 Å². The van der Waals surface area contributed by atoms with Crippen LogP contribution in [0.2, 0.25) is 0 Å². The average molecular weight is 295 g/mol. The van der Waals surface area contributed by atoms with E-state index in [1.165, 1.54) is 12.8 Å². The molecule has 0 bridgehead atoms. The standard InChI is InChI=1S/C16H29N3O2/c1-12(19-16(21)14-6-2-3-7-14)9-15(20)18-11-13-5-4-8-17-10-13/h12-14,17H,2-11H2,1H3,(H,18,20)(H,19,21). The monoisotopic (exact) mass is 295 g/mol. The molecule has 2 atom stereocenters. The van der Waals surface area contributed by atoms with Crippen molar-refractivity contribution >= 4 is 11.8 Å². The van der Waals surface area contributed by atoms with Crippen LogP contribution >= 0.6 is 0 Å². The van der Waals surface area contributed by atoms with E-state index in [9.17, 15) is 9.59 Å². The third-order valence-electron chi connectivity index (χ3n) is 4.59. The summed E-state index contributed by atoms with van der Waals surface area (Å²) in [4.78, 5) is 23.9. The van der Waals surface area contributed by atoms with Crippen molar-refractivity contribution in [3.63, 3.8) is 0 Å². The summed E-state index contributed by atoms with van der Waals surface area (Å²) in [6.07, 6.45) is 7.05. The molecule has 0 spiro atoms. The third kappa shape index (κ3) is 5.65. The minimum absolute atomic E-state index is 0.0415. The smallest absolute Gasteiger partial charge is 0.223 e. The lowest BCUT2D eigenvalue weighted by Gasteiger charge is -2.23. The van der Waals surface area contributed by atoms with E-state index >= 15 is 0 Å². The molecular weight excluding hydrogens is 266 g/mol. The second-order valence-electron chi connectivity index (χ2n) is 6.61. The van der Waals surface area contributed by atoms with E-state index in [0.29, 0.717) is 12.3 Å². The van der Waals surface area contributed by atoms with Crippen LogP contribution in [0, 0.1) is 11.8 Å². The average Bonchev–Trinajstić information content (AvgIpc) is 3.00. The quantitative estimate of drug-likeness (QED) is 0.689. The zero-order chi connectivity index (χ0) is 15.1. The van der Waals surface area contributed by atoms with E-state index < -0.39 is 0 Å². The topological polar surface area (TPSA) is 70.2 Å². The van der Waals surface area contributed by atoms with Crippen LogP contribution in [0.5, 0.6) is 0 Å². The van der Waals surface area contributed by atoms with Crippen molar-refractivity contribution in [1.82, 2.24) is 16.0 Å². The Labute approximate surface area is 127 Å². The number of carbonyl (C=O) groups is 2. The second kappa shape index (κ2) is 8.37. The Morgan fingerprint density at radius 3 is 2.62 bits per heavy atom. The summed E-state index contributed by atoms with van der Waals surface area (Å²) in [5.41, 5.74) is 0. The zero-order valence-corrected chi connectivity index (χ0v) is 13.1. The highest BCUT2D eigenvalue weighted by Gasteiger charge is 2.24. The maximum atomic E-state index is 12.0. The first-order valence-corrected chi connectivity index (χ1v) is 8.43. The number of carbonyl (C=O) groups excluding carboxylic acids is 2. The van der Waals surface area contributed by atoms with Gasteiger partial charge in [0, 0.05) is 24.9 Å². The van der Waals surface area contributed by atoms with Crippen LogP contribution in [-0.2, 0) is 9.59 Å².